The van der Waals surface area contributed by atoms with Crippen molar-refractivity contribution in [2.75, 3.05) is 19.7 Å². The van der Waals surface area contributed by atoms with Gasteiger partial charge in [0.1, 0.15) is 12.2 Å². The van der Waals surface area contributed by atoms with Crippen LogP contribution >= 0.6 is 0 Å². The van der Waals surface area contributed by atoms with Gasteiger partial charge in [-0.2, -0.15) is 0 Å². The van der Waals surface area contributed by atoms with E-state index in [1.165, 1.54) is 28.7 Å². The SMILES string of the molecule is O=C(OCC1c2ccccc2-c2ccccc21)N1CC(O)(C2CCC2)C1. The van der Waals surface area contributed by atoms with Crippen LogP contribution in [-0.4, -0.2) is 41.4 Å². The fourth-order valence-corrected chi connectivity index (χ4v) is 4.63. The van der Waals surface area contributed by atoms with E-state index in [1.54, 1.807) is 4.90 Å². The van der Waals surface area contributed by atoms with E-state index in [0.29, 0.717) is 25.6 Å². The lowest BCUT2D eigenvalue weighted by molar-refractivity contribution is -0.144. The molecular weight excluding hydrogens is 326 g/mol. The summed E-state index contributed by atoms with van der Waals surface area (Å²) >= 11 is 0. The van der Waals surface area contributed by atoms with E-state index < -0.39 is 5.60 Å². The average molecular weight is 349 g/mol. The molecule has 0 unspecified atom stereocenters. The molecule has 2 aliphatic carbocycles. The summed E-state index contributed by atoms with van der Waals surface area (Å²) in [5, 5.41) is 10.5. The maximum Gasteiger partial charge on any atom is 0.409 e. The molecule has 2 fully saturated rings. The fourth-order valence-electron chi connectivity index (χ4n) is 4.63. The van der Waals surface area contributed by atoms with Crippen molar-refractivity contribution in [2.45, 2.75) is 30.8 Å². The Balaban J connectivity index is 1.27. The first-order chi connectivity index (χ1) is 12.7. The molecule has 0 radical (unpaired) electrons. The first kappa shape index (κ1) is 15.9. The van der Waals surface area contributed by atoms with Gasteiger partial charge in [-0.05, 0) is 41.0 Å². The van der Waals surface area contributed by atoms with E-state index in [0.717, 1.165) is 12.8 Å². The van der Waals surface area contributed by atoms with Gasteiger partial charge in [-0.3, -0.25) is 0 Å². The van der Waals surface area contributed by atoms with Crippen LogP contribution in [0.5, 0.6) is 0 Å². The van der Waals surface area contributed by atoms with Gasteiger partial charge in [0, 0.05) is 5.92 Å². The lowest BCUT2D eigenvalue weighted by atomic mass is 9.69. The number of benzene rings is 2. The van der Waals surface area contributed by atoms with Crippen molar-refractivity contribution in [2.24, 2.45) is 5.92 Å². The van der Waals surface area contributed by atoms with Crippen molar-refractivity contribution in [1.29, 1.82) is 0 Å². The Bertz CT molecular complexity index is 806. The van der Waals surface area contributed by atoms with Crippen LogP contribution in [0.1, 0.15) is 36.3 Å². The highest BCUT2D eigenvalue weighted by molar-refractivity contribution is 5.79. The number of carbonyl (C=O) groups excluding carboxylic acids is 1. The Morgan fingerprint density at radius 3 is 2.15 bits per heavy atom. The monoisotopic (exact) mass is 349 g/mol. The quantitative estimate of drug-likeness (QED) is 0.917. The summed E-state index contributed by atoms with van der Waals surface area (Å²) in [6.07, 6.45) is 3.04. The summed E-state index contributed by atoms with van der Waals surface area (Å²) in [7, 11) is 0. The second-order valence-electron chi connectivity index (χ2n) is 7.89. The third-order valence-corrected chi connectivity index (χ3v) is 6.39. The van der Waals surface area contributed by atoms with E-state index in [-0.39, 0.29) is 12.0 Å². The fraction of sp³-hybridized carbons (Fsp3) is 0.409. The molecule has 1 aliphatic heterocycles. The van der Waals surface area contributed by atoms with Crippen LogP contribution in [0.4, 0.5) is 4.79 Å². The predicted octanol–water partition coefficient (Wildman–Crippen LogP) is 3.78. The summed E-state index contributed by atoms with van der Waals surface area (Å²) in [4.78, 5) is 14.0. The van der Waals surface area contributed by atoms with Gasteiger partial charge in [0.2, 0.25) is 0 Å². The molecule has 2 aromatic rings. The van der Waals surface area contributed by atoms with Gasteiger partial charge in [0.15, 0.2) is 0 Å². The molecular formula is C22H23NO3. The zero-order chi connectivity index (χ0) is 17.7. The van der Waals surface area contributed by atoms with Crippen molar-refractivity contribution in [1.82, 2.24) is 4.90 Å². The van der Waals surface area contributed by atoms with E-state index in [9.17, 15) is 9.90 Å². The molecule has 0 spiro atoms. The molecule has 1 N–H and O–H groups in total. The Kier molecular flexibility index (Phi) is 3.57. The molecule has 0 bridgehead atoms. The van der Waals surface area contributed by atoms with Crippen LogP contribution in [0.15, 0.2) is 48.5 Å². The van der Waals surface area contributed by atoms with Crippen LogP contribution < -0.4 is 0 Å². The highest BCUT2D eigenvalue weighted by Crippen LogP contribution is 2.45. The molecule has 5 rings (SSSR count). The normalized spacial score (nSPS) is 20.7. The minimum Gasteiger partial charge on any atom is -0.448 e. The third-order valence-electron chi connectivity index (χ3n) is 6.39. The van der Waals surface area contributed by atoms with Crippen molar-refractivity contribution >= 4 is 6.09 Å². The summed E-state index contributed by atoms with van der Waals surface area (Å²) < 4.78 is 5.64. The van der Waals surface area contributed by atoms with Gasteiger partial charge in [-0.25, -0.2) is 4.79 Å². The van der Waals surface area contributed by atoms with Crippen molar-refractivity contribution in [3.05, 3.63) is 59.7 Å². The zero-order valence-corrected chi connectivity index (χ0v) is 14.7. The Labute approximate surface area is 153 Å². The molecule has 1 heterocycles. The van der Waals surface area contributed by atoms with Crippen LogP contribution in [0.25, 0.3) is 11.1 Å². The van der Waals surface area contributed by atoms with Crippen LogP contribution in [-0.2, 0) is 4.74 Å². The number of fused-ring (bicyclic) bond motifs is 3. The highest BCUT2D eigenvalue weighted by Gasteiger charge is 2.51. The number of β-amino-alcohol motifs (C(OH)–C–C–N with tert-alkyl or cyclic N) is 1. The lowest BCUT2D eigenvalue weighted by Crippen LogP contribution is -2.68. The molecule has 1 saturated carbocycles. The maximum atomic E-state index is 12.4. The smallest absolute Gasteiger partial charge is 0.409 e. The summed E-state index contributed by atoms with van der Waals surface area (Å²) in [6, 6.07) is 16.7. The number of nitrogens with zero attached hydrogens (tertiary/aromatic N) is 1. The van der Waals surface area contributed by atoms with Crippen LogP contribution in [0.3, 0.4) is 0 Å². The van der Waals surface area contributed by atoms with Crippen LogP contribution in [0, 0.1) is 5.92 Å². The minimum atomic E-state index is -0.677. The van der Waals surface area contributed by atoms with Crippen LogP contribution in [0.2, 0.25) is 0 Å². The molecule has 0 atom stereocenters. The second kappa shape index (κ2) is 5.85. The Morgan fingerprint density at radius 2 is 1.62 bits per heavy atom. The number of rotatable bonds is 3. The van der Waals surface area contributed by atoms with Gasteiger partial charge in [-0.15, -0.1) is 0 Å². The highest BCUT2D eigenvalue weighted by atomic mass is 16.6. The first-order valence-corrected chi connectivity index (χ1v) is 9.48. The number of aliphatic hydroxyl groups is 1. The van der Waals surface area contributed by atoms with E-state index in [4.69, 9.17) is 4.74 Å². The largest absolute Gasteiger partial charge is 0.448 e. The molecule has 26 heavy (non-hydrogen) atoms. The molecule has 2 aromatic carbocycles. The van der Waals surface area contributed by atoms with Gasteiger partial charge in [-0.1, -0.05) is 55.0 Å². The number of ether oxygens (including phenoxy) is 1. The maximum absolute atomic E-state index is 12.4. The number of hydrogen-bond acceptors (Lipinski definition) is 3. The number of hydrogen-bond donors (Lipinski definition) is 1. The average Bonchev–Trinajstić information content (AvgIpc) is 2.90. The molecule has 1 saturated heterocycles. The summed E-state index contributed by atoms with van der Waals surface area (Å²) in [5.74, 6) is 0.443. The molecule has 134 valence electrons. The third kappa shape index (κ3) is 2.36. The first-order valence-electron chi connectivity index (χ1n) is 9.48. The topological polar surface area (TPSA) is 49.8 Å². The lowest BCUT2D eigenvalue weighted by Gasteiger charge is -2.52. The Hall–Kier alpha value is -2.33. The van der Waals surface area contributed by atoms with E-state index >= 15 is 0 Å². The summed E-state index contributed by atoms with van der Waals surface area (Å²) in [5.41, 5.74) is 4.22. The van der Waals surface area contributed by atoms with Crippen molar-refractivity contribution in [3.8, 4) is 11.1 Å². The second-order valence-corrected chi connectivity index (χ2v) is 7.89. The van der Waals surface area contributed by atoms with Gasteiger partial charge >= 0.3 is 6.09 Å². The molecule has 0 aromatic heterocycles. The standard InChI is InChI=1S/C22H23NO3/c24-21(23-13-22(25,14-23)15-6-5-7-15)26-12-20-18-10-3-1-8-16(18)17-9-2-4-11-19(17)20/h1-4,8-11,15,20,25H,5-7,12-14H2. The number of amides is 1. The predicted molar refractivity (Wildman–Crippen MR) is 98.9 cm³/mol. The Morgan fingerprint density at radius 1 is 1.04 bits per heavy atom. The van der Waals surface area contributed by atoms with Crippen molar-refractivity contribution in [3.63, 3.8) is 0 Å². The van der Waals surface area contributed by atoms with Crippen molar-refractivity contribution < 1.29 is 14.6 Å². The number of carbonyl (C=O) groups is 1. The summed E-state index contributed by atoms with van der Waals surface area (Å²) in [6.45, 7) is 1.16. The zero-order valence-electron chi connectivity index (χ0n) is 14.7. The van der Waals surface area contributed by atoms with Gasteiger partial charge < -0.3 is 14.7 Å². The molecule has 4 heteroatoms. The van der Waals surface area contributed by atoms with E-state index in [2.05, 4.69) is 24.3 Å². The van der Waals surface area contributed by atoms with E-state index in [1.807, 2.05) is 24.3 Å². The number of likely N-dealkylation sites (tertiary alicyclic amines) is 1. The molecule has 3 aliphatic rings. The molecule has 4 nitrogen and oxygen atoms in total. The minimum absolute atomic E-state index is 0.0816. The van der Waals surface area contributed by atoms with Gasteiger partial charge in [0.25, 0.3) is 0 Å². The van der Waals surface area contributed by atoms with Gasteiger partial charge in [0.05, 0.1) is 13.1 Å². The molecule has 1 amide bonds.